The molecule has 2 rings (SSSR count). The third-order valence-electron chi connectivity index (χ3n) is 3.68. The molecule has 1 aliphatic carbocycles. The van der Waals surface area contributed by atoms with Crippen molar-refractivity contribution in [3.05, 3.63) is 53.1 Å². The lowest BCUT2D eigenvalue weighted by Crippen LogP contribution is -2.11. The van der Waals surface area contributed by atoms with Gasteiger partial charge in [-0.1, -0.05) is 39.8 Å². The van der Waals surface area contributed by atoms with E-state index in [2.05, 4.69) is 52.0 Å². The van der Waals surface area contributed by atoms with Crippen molar-refractivity contribution in [2.24, 2.45) is 10.4 Å². The van der Waals surface area contributed by atoms with Crippen LogP contribution in [-0.4, -0.2) is 11.5 Å². The van der Waals surface area contributed by atoms with Gasteiger partial charge in [0, 0.05) is 0 Å². The van der Waals surface area contributed by atoms with Crippen molar-refractivity contribution < 1.29 is 4.79 Å². The predicted molar refractivity (Wildman–Crippen MR) is 93.8 cm³/mol. The third kappa shape index (κ3) is 4.27. The standard InChI is InChI=1S/C20H25NO/c1-6-16-12-19(22)14(2)11-18(16)21-17-9-7-15(8-10-17)13-20(3,4)5/h7-12H,6,13H2,1-5H3. The number of aliphatic imine (C=N–C) groups is 1. The lowest BCUT2D eigenvalue weighted by atomic mass is 9.88. The zero-order valence-electron chi connectivity index (χ0n) is 14.2. The van der Waals surface area contributed by atoms with Gasteiger partial charge >= 0.3 is 0 Å². The molecule has 2 heteroatoms. The van der Waals surface area contributed by atoms with Gasteiger partial charge in [0.15, 0.2) is 5.78 Å². The van der Waals surface area contributed by atoms with E-state index in [4.69, 9.17) is 4.99 Å². The zero-order chi connectivity index (χ0) is 16.3. The summed E-state index contributed by atoms with van der Waals surface area (Å²) in [7, 11) is 0. The number of carbonyl (C=O) groups is 1. The fourth-order valence-corrected chi connectivity index (χ4v) is 2.54. The molecule has 22 heavy (non-hydrogen) atoms. The van der Waals surface area contributed by atoms with Gasteiger partial charge in [-0.2, -0.15) is 0 Å². The molecule has 1 aromatic rings. The van der Waals surface area contributed by atoms with E-state index in [-0.39, 0.29) is 11.2 Å². The Kier molecular flexibility index (Phi) is 4.80. The number of hydrogen-bond donors (Lipinski definition) is 0. The van der Waals surface area contributed by atoms with Crippen molar-refractivity contribution in [1.29, 1.82) is 0 Å². The molecule has 1 aliphatic rings. The van der Waals surface area contributed by atoms with E-state index in [9.17, 15) is 4.79 Å². The fraction of sp³-hybridized carbons (Fsp3) is 0.400. The molecule has 0 heterocycles. The van der Waals surface area contributed by atoms with Gasteiger partial charge in [0.2, 0.25) is 0 Å². The van der Waals surface area contributed by atoms with Crippen LogP contribution in [0.3, 0.4) is 0 Å². The van der Waals surface area contributed by atoms with Crippen LogP contribution in [0.2, 0.25) is 0 Å². The average Bonchev–Trinajstić information content (AvgIpc) is 2.43. The lowest BCUT2D eigenvalue weighted by Gasteiger charge is -2.18. The van der Waals surface area contributed by atoms with Crippen LogP contribution in [0.25, 0.3) is 0 Å². The van der Waals surface area contributed by atoms with Crippen LogP contribution in [-0.2, 0) is 11.2 Å². The molecule has 116 valence electrons. The first kappa shape index (κ1) is 16.4. The van der Waals surface area contributed by atoms with E-state index in [1.807, 2.05) is 13.0 Å². The van der Waals surface area contributed by atoms with Gasteiger partial charge in [-0.05, 0) is 66.2 Å². The summed E-state index contributed by atoms with van der Waals surface area (Å²) in [5.74, 6) is 0.0938. The van der Waals surface area contributed by atoms with Crippen LogP contribution in [0.4, 0.5) is 5.69 Å². The number of ketones is 1. The highest BCUT2D eigenvalue weighted by Gasteiger charge is 2.15. The SMILES string of the molecule is CCC1=CC(=O)C(C)=CC1=Nc1ccc(CC(C)(C)C)cc1. The number of carbonyl (C=O) groups excluding carboxylic acids is 1. The van der Waals surface area contributed by atoms with Crippen LogP contribution in [0.5, 0.6) is 0 Å². The second kappa shape index (κ2) is 6.43. The van der Waals surface area contributed by atoms with E-state index < -0.39 is 0 Å². The number of rotatable bonds is 3. The lowest BCUT2D eigenvalue weighted by molar-refractivity contribution is -0.111. The van der Waals surface area contributed by atoms with E-state index in [1.54, 1.807) is 6.08 Å². The highest BCUT2D eigenvalue weighted by molar-refractivity contribution is 6.22. The quantitative estimate of drug-likeness (QED) is 0.703. The van der Waals surface area contributed by atoms with Crippen LogP contribution >= 0.6 is 0 Å². The second-order valence-electron chi connectivity index (χ2n) is 7.12. The topological polar surface area (TPSA) is 29.4 Å². The molecule has 0 N–H and O–H groups in total. The summed E-state index contributed by atoms with van der Waals surface area (Å²) in [4.78, 5) is 16.5. The first-order chi connectivity index (χ1) is 10.3. The Morgan fingerprint density at radius 1 is 1.05 bits per heavy atom. The smallest absolute Gasteiger partial charge is 0.181 e. The first-order valence-corrected chi connectivity index (χ1v) is 7.90. The van der Waals surface area contributed by atoms with Gasteiger partial charge in [-0.15, -0.1) is 0 Å². The minimum absolute atomic E-state index is 0.0938. The predicted octanol–water partition coefficient (Wildman–Crippen LogP) is 5.21. The summed E-state index contributed by atoms with van der Waals surface area (Å²) < 4.78 is 0. The summed E-state index contributed by atoms with van der Waals surface area (Å²) in [6.07, 6.45) is 5.47. The molecular weight excluding hydrogens is 270 g/mol. The van der Waals surface area contributed by atoms with Crippen molar-refractivity contribution >= 4 is 17.2 Å². The fourth-order valence-electron chi connectivity index (χ4n) is 2.54. The number of hydrogen-bond acceptors (Lipinski definition) is 2. The van der Waals surface area contributed by atoms with Gasteiger partial charge in [0.25, 0.3) is 0 Å². The molecule has 0 unspecified atom stereocenters. The Hall–Kier alpha value is -1.96. The Balaban J connectivity index is 2.25. The second-order valence-corrected chi connectivity index (χ2v) is 7.12. The number of benzene rings is 1. The summed E-state index contributed by atoms with van der Waals surface area (Å²) in [5.41, 5.74) is 5.21. The van der Waals surface area contributed by atoms with E-state index >= 15 is 0 Å². The van der Waals surface area contributed by atoms with Crippen molar-refractivity contribution in [3.63, 3.8) is 0 Å². The van der Waals surface area contributed by atoms with Crippen molar-refractivity contribution in [2.45, 2.75) is 47.5 Å². The molecule has 2 nitrogen and oxygen atoms in total. The molecule has 1 aromatic carbocycles. The molecule has 0 aromatic heterocycles. The van der Waals surface area contributed by atoms with Gasteiger partial charge < -0.3 is 0 Å². The molecule has 0 saturated heterocycles. The molecule has 0 radical (unpaired) electrons. The molecular formula is C20H25NO. The van der Waals surface area contributed by atoms with Gasteiger partial charge in [0.05, 0.1) is 11.4 Å². The van der Waals surface area contributed by atoms with Crippen LogP contribution in [0, 0.1) is 5.41 Å². The van der Waals surface area contributed by atoms with Crippen LogP contribution in [0.1, 0.15) is 46.6 Å². The average molecular weight is 295 g/mol. The minimum atomic E-state index is 0.0938. The summed E-state index contributed by atoms with van der Waals surface area (Å²) in [6.45, 7) is 10.6. The van der Waals surface area contributed by atoms with Gasteiger partial charge in [0.1, 0.15) is 0 Å². The third-order valence-corrected chi connectivity index (χ3v) is 3.68. The maximum atomic E-state index is 11.7. The Morgan fingerprint density at radius 3 is 2.23 bits per heavy atom. The Morgan fingerprint density at radius 2 is 1.68 bits per heavy atom. The summed E-state index contributed by atoms with van der Waals surface area (Å²) in [5, 5.41) is 0. The van der Waals surface area contributed by atoms with Crippen molar-refractivity contribution in [1.82, 2.24) is 0 Å². The number of nitrogens with zero attached hydrogens (tertiary/aromatic N) is 1. The zero-order valence-corrected chi connectivity index (χ0v) is 14.2. The Bertz CT molecular complexity index is 652. The summed E-state index contributed by atoms with van der Waals surface area (Å²) >= 11 is 0. The largest absolute Gasteiger partial charge is 0.290 e. The molecule has 0 amide bonds. The monoisotopic (exact) mass is 295 g/mol. The van der Waals surface area contributed by atoms with E-state index in [0.717, 1.165) is 35.4 Å². The van der Waals surface area contributed by atoms with Crippen LogP contribution < -0.4 is 0 Å². The molecule has 0 bridgehead atoms. The van der Waals surface area contributed by atoms with Crippen LogP contribution in [0.15, 0.2) is 52.6 Å². The van der Waals surface area contributed by atoms with E-state index in [0.29, 0.717) is 0 Å². The first-order valence-electron chi connectivity index (χ1n) is 7.90. The molecule has 0 aliphatic heterocycles. The minimum Gasteiger partial charge on any atom is -0.290 e. The van der Waals surface area contributed by atoms with Crippen molar-refractivity contribution in [2.75, 3.05) is 0 Å². The number of allylic oxidation sites excluding steroid dienone is 4. The van der Waals surface area contributed by atoms with Gasteiger partial charge in [-0.3, -0.25) is 4.79 Å². The maximum Gasteiger partial charge on any atom is 0.181 e. The molecule has 0 fully saturated rings. The van der Waals surface area contributed by atoms with Gasteiger partial charge in [-0.25, -0.2) is 4.99 Å². The highest BCUT2D eigenvalue weighted by atomic mass is 16.1. The Labute approximate surface area is 133 Å². The maximum absolute atomic E-state index is 11.7. The molecule has 0 spiro atoms. The van der Waals surface area contributed by atoms with Crippen molar-refractivity contribution in [3.8, 4) is 0 Å². The molecule has 0 atom stereocenters. The highest BCUT2D eigenvalue weighted by Crippen LogP contribution is 2.24. The summed E-state index contributed by atoms with van der Waals surface area (Å²) in [6, 6.07) is 8.40. The normalized spacial score (nSPS) is 17.5. The molecule has 0 saturated carbocycles. The van der Waals surface area contributed by atoms with E-state index in [1.165, 1.54) is 5.56 Å².